The smallest absolute Gasteiger partial charge is 0.204 e. The van der Waals surface area contributed by atoms with Crippen LogP contribution >= 0.6 is 11.3 Å². The molecular formula is C12H12N2OS. The van der Waals surface area contributed by atoms with E-state index in [2.05, 4.69) is 4.98 Å². The van der Waals surface area contributed by atoms with Crippen LogP contribution in [-0.2, 0) is 0 Å². The van der Waals surface area contributed by atoms with E-state index in [1.54, 1.807) is 24.4 Å². The maximum Gasteiger partial charge on any atom is 0.204 e. The van der Waals surface area contributed by atoms with Crippen LogP contribution in [0.1, 0.15) is 25.8 Å². The molecule has 0 amide bonds. The molecular weight excluding hydrogens is 220 g/mol. The zero-order valence-electron chi connectivity index (χ0n) is 9.15. The Balaban J connectivity index is 2.41. The Bertz CT molecular complexity index is 546. The lowest BCUT2D eigenvalue weighted by Gasteiger charge is -2.03. The van der Waals surface area contributed by atoms with Crippen molar-refractivity contribution in [2.24, 2.45) is 0 Å². The van der Waals surface area contributed by atoms with Gasteiger partial charge in [-0.2, -0.15) is 0 Å². The minimum Gasteiger partial charge on any atom is -0.399 e. The van der Waals surface area contributed by atoms with Crippen molar-refractivity contribution in [3.8, 4) is 0 Å². The number of nitrogen functional groups attached to an aromatic ring is 1. The van der Waals surface area contributed by atoms with E-state index in [1.807, 2.05) is 13.8 Å². The van der Waals surface area contributed by atoms with E-state index in [0.29, 0.717) is 16.1 Å². The second kappa shape index (κ2) is 4.06. The summed E-state index contributed by atoms with van der Waals surface area (Å²) in [6.07, 6.45) is 1.62. The summed E-state index contributed by atoms with van der Waals surface area (Å²) in [5.41, 5.74) is 7.92. The Kier molecular flexibility index (Phi) is 2.75. The van der Waals surface area contributed by atoms with Crippen LogP contribution < -0.4 is 5.73 Å². The van der Waals surface area contributed by atoms with E-state index in [9.17, 15) is 4.79 Å². The molecule has 2 aromatic rings. The lowest BCUT2D eigenvalue weighted by Crippen LogP contribution is -2.02. The molecule has 0 aliphatic carbocycles. The van der Waals surface area contributed by atoms with Crippen LogP contribution in [0, 0.1) is 13.8 Å². The minimum absolute atomic E-state index is 0.0168. The molecule has 0 spiro atoms. The van der Waals surface area contributed by atoms with Crippen molar-refractivity contribution in [3.63, 3.8) is 0 Å². The molecule has 2 rings (SSSR count). The van der Waals surface area contributed by atoms with Crippen LogP contribution in [0.15, 0.2) is 24.4 Å². The lowest BCUT2D eigenvalue weighted by molar-refractivity contribution is 0.104. The summed E-state index contributed by atoms with van der Waals surface area (Å²) < 4.78 is 0. The number of nitrogens with two attached hydrogens (primary N) is 1. The van der Waals surface area contributed by atoms with Gasteiger partial charge in [-0.15, -0.1) is 11.3 Å². The summed E-state index contributed by atoms with van der Waals surface area (Å²) in [4.78, 5) is 16.9. The number of aryl methyl sites for hydroxylation is 2. The van der Waals surface area contributed by atoms with E-state index < -0.39 is 0 Å². The number of ketones is 1. The van der Waals surface area contributed by atoms with Crippen LogP contribution in [0.2, 0.25) is 0 Å². The van der Waals surface area contributed by atoms with Gasteiger partial charge in [0.1, 0.15) is 0 Å². The predicted octanol–water partition coefficient (Wildman–Crippen LogP) is 2.57. The maximum absolute atomic E-state index is 12.1. The highest BCUT2D eigenvalue weighted by Crippen LogP contribution is 2.20. The molecule has 0 aliphatic heterocycles. The Hall–Kier alpha value is -1.68. The molecule has 2 N–H and O–H groups in total. The van der Waals surface area contributed by atoms with Crippen LogP contribution in [0.25, 0.3) is 0 Å². The predicted molar refractivity (Wildman–Crippen MR) is 65.9 cm³/mol. The number of carbonyl (C=O) groups is 1. The Morgan fingerprint density at radius 3 is 2.69 bits per heavy atom. The van der Waals surface area contributed by atoms with Crippen molar-refractivity contribution >= 4 is 22.8 Å². The number of hydrogen-bond donors (Lipinski definition) is 1. The molecule has 0 atom stereocenters. The molecule has 0 unspecified atom stereocenters. The van der Waals surface area contributed by atoms with Crippen LogP contribution in [0.5, 0.6) is 0 Å². The second-order valence-corrected chi connectivity index (χ2v) is 4.88. The molecule has 0 bridgehead atoms. The number of hydrogen-bond acceptors (Lipinski definition) is 4. The van der Waals surface area contributed by atoms with Gasteiger partial charge in [0, 0.05) is 17.4 Å². The van der Waals surface area contributed by atoms with E-state index in [-0.39, 0.29) is 5.78 Å². The summed E-state index contributed by atoms with van der Waals surface area (Å²) in [6.45, 7) is 3.77. The standard InChI is InChI=1S/C12H12N2OS/c1-7-5-9(13)3-4-10(7)12(15)11-6-14-8(2)16-11/h3-6H,13H2,1-2H3. The Morgan fingerprint density at radius 1 is 1.38 bits per heavy atom. The molecule has 0 aliphatic rings. The number of thiazole rings is 1. The van der Waals surface area contributed by atoms with Crippen molar-refractivity contribution in [1.29, 1.82) is 0 Å². The number of nitrogens with zero attached hydrogens (tertiary/aromatic N) is 1. The summed E-state index contributed by atoms with van der Waals surface area (Å²) in [5, 5.41) is 0.899. The average molecular weight is 232 g/mol. The molecule has 16 heavy (non-hydrogen) atoms. The normalized spacial score (nSPS) is 10.4. The maximum atomic E-state index is 12.1. The quantitative estimate of drug-likeness (QED) is 0.639. The van der Waals surface area contributed by atoms with Crippen molar-refractivity contribution in [1.82, 2.24) is 4.98 Å². The SMILES string of the molecule is Cc1ncc(C(=O)c2ccc(N)cc2C)s1. The monoisotopic (exact) mass is 232 g/mol. The van der Waals surface area contributed by atoms with Gasteiger partial charge in [0.25, 0.3) is 0 Å². The van der Waals surface area contributed by atoms with Gasteiger partial charge in [0.2, 0.25) is 5.78 Å². The molecule has 3 nitrogen and oxygen atoms in total. The van der Waals surface area contributed by atoms with Gasteiger partial charge in [0.15, 0.2) is 0 Å². The highest BCUT2D eigenvalue weighted by Gasteiger charge is 2.13. The minimum atomic E-state index is 0.0168. The van der Waals surface area contributed by atoms with Gasteiger partial charge in [-0.05, 0) is 37.6 Å². The van der Waals surface area contributed by atoms with E-state index >= 15 is 0 Å². The second-order valence-electron chi connectivity index (χ2n) is 3.65. The Morgan fingerprint density at radius 2 is 2.12 bits per heavy atom. The fourth-order valence-electron chi connectivity index (χ4n) is 1.54. The lowest BCUT2D eigenvalue weighted by atomic mass is 10.0. The first-order valence-corrected chi connectivity index (χ1v) is 5.73. The zero-order valence-corrected chi connectivity index (χ0v) is 9.97. The summed E-state index contributed by atoms with van der Waals surface area (Å²) >= 11 is 1.41. The van der Waals surface area contributed by atoms with Crippen molar-refractivity contribution in [2.75, 3.05) is 5.73 Å². The van der Waals surface area contributed by atoms with Crippen LogP contribution in [0.4, 0.5) is 5.69 Å². The molecule has 82 valence electrons. The first-order valence-electron chi connectivity index (χ1n) is 4.91. The largest absolute Gasteiger partial charge is 0.399 e. The number of carbonyl (C=O) groups excluding carboxylic acids is 1. The van der Waals surface area contributed by atoms with Crippen molar-refractivity contribution < 1.29 is 4.79 Å². The zero-order chi connectivity index (χ0) is 11.7. The molecule has 1 aromatic carbocycles. The number of aromatic nitrogens is 1. The number of benzene rings is 1. The molecule has 0 saturated heterocycles. The number of anilines is 1. The topological polar surface area (TPSA) is 56.0 Å². The molecule has 0 fully saturated rings. The van der Waals surface area contributed by atoms with Gasteiger partial charge in [0.05, 0.1) is 9.88 Å². The third-order valence-corrected chi connectivity index (χ3v) is 3.25. The van der Waals surface area contributed by atoms with Crippen molar-refractivity contribution in [3.05, 3.63) is 45.4 Å². The Labute approximate surface area is 97.9 Å². The first-order chi connectivity index (χ1) is 7.58. The fourth-order valence-corrected chi connectivity index (χ4v) is 2.27. The molecule has 4 heteroatoms. The van der Waals surface area contributed by atoms with Crippen LogP contribution in [-0.4, -0.2) is 10.8 Å². The van der Waals surface area contributed by atoms with Gasteiger partial charge in [-0.25, -0.2) is 4.98 Å². The van der Waals surface area contributed by atoms with Gasteiger partial charge < -0.3 is 5.73 Å². The van der Waals surface area contributed by atoms with Gasteiger partial charge in [-0.1, -0.05) is 0 Å². The highest BCUT2D eigenvalue weighted by molar-refractivity contribution is 7.13. The van der Waals surface area contributed by atoms with E-state index in [0.717, 1.165) is 10.6 Å². The fraction of sp³-hybridized carbons (Fsp3) is 0.167. The third kappa shape index (κ3) is 1.97. The van der Waals surface area contributed by atoms with Crippen molar-refractivity contribution in [2.45, 2.75) is 13.8 Å². The van der Waals surface area contributed by atoms with Crippen LogP contribution in [0.3, 0.4) is 0 Å². The molecule has 1 heterocycles. The van der Waals surface area contributed by atoms with E-state index in [1.165, 1.54) is 11.3 Å². The molecule has 1 aromatic heterocycles. The molecule has 0 radical (unpaired) electrons. The summed E-state index contributed by atoms with van der Waals surface area (Å²) in [5.74, 6) is 0.0168. The van der Waals surface area contributed by atoms with Gasteiger partial charge in [-0.3, -0.25) is 4.79 Å². The third-order valence-electron chi connectivity index (χ3n) is 2.34. The summed E-state index contributed by atoms with van der Waals surface area (Å²) in [7, 11) is 0. The van der Waals surface area contributed by atoms with Gasteiger partial charge >= 0.3 is 0 Å². The number of rotatable bonds is 2. The molecule has 0 saturated carbocycles. The highest BCUT2D eigenvalue weighted by atomic mass is 32.1. The average Bonchev–Trinajstić information content (AvgIpc) is 2.64. The summed E-state index contributed by atoms with van der Waals surface area (Å²) in [6, 6.07) is 5.32. The first kappa shape index (κ1) is 10.8. The van der Waals surface area contributed by atoms with E-state index in [4.69, 9.17) is 5.73 Å².